The molecule has 3 rings (SSSR count). The van der Waals surface area contributed by atoms with Crippen LogP contribution in [0.4, 0.5) is 5.13 Å². The van der Waals surface area contributed by atoms with Crippen LogP contribution in [0.5, 0.6) is 0 Å². The van der Waals surface area contributed by atoms with Gasteiger partial charge in [-0.2, -0.15) is 0 Å². The van der Waals surface area contributed by atoms with Gasteiger partial charge in [-0.1, -0.05) is 23.5 Å². The lowest BCUT2D eigenvalue weighted by Crippen LogP contribution is -2.17. The van der Waals surface area contributed by atoms with Crippen LogP contribution in [0, 0.1) is 6.92 Å². The molecule has 1 amide bonds. The number of nitrogens with one attached hydrogen (secondary N) is 2. The summed E-state index contributed by atoms with van der Waals surface area (Å²) in [7, 11) is 1.26. The minimum Gasteiger partial charge on any atom is -0.465 e. The van der Waals surface area contributed by atoms with Gasteiger partial charge >= 0.3 is 5.97 Å². The average molecular weight is 371 g/mol. The van der Waals surface area contributed by atoms with E-state index in [1.807, 2.05) is 24.3 Å². The summed E-state index contributed by atoms with van der Waals surface area (Å²) in [5, 5.41) is 3.21. The van der Waals surface area contributed by atoms with E-state index < -0.39 is 5.97 Å². The van der Waals surface area contributed by atoms with Crippen LogP contribution < -0.4 is 5.32 Å². The van der Waals surface area contributed by atoms with Crippen molar-refractivity contribution in [3.63, 3.8) is 0 Å². The van der Waals surface area contributed by atoms with Crippen LogP contribution in [0.2, 0.25) is 0 Å². The van der Waals surface area contributed by atoms with E-state index in [4.69, 9.17) is 4.74 Å². The highest BCUT2D eigenvalue weighted by Crippen LogP contribution is 2.26. The minimum absolute atomic E-state index is 0.103. The van der Waals surface area contributed by atoms with Crippen molar-refractivity contribution in [1.82, 2.24) is 9.97 Å². The standard InChI is InChI=1S/C18H17N3O4S/c1-9-15(17(24)25-3)12(19-16(9)10(2)22)8-14(23)21-18-20-11-6-4-5-7-13(11)26-18/h4-7,19H,8H2,1-3H3,(H,20,21,23). The molecule has 0 saturated carbocycles. The number of hydrogen-bond acceptors (Lipinski definition) is 6. The number of carbonyl (C=O) groups is 3. The number of aromatic amines is 1. The normalized spacial score (nSPS) is 10.7. The topological polar surface area (TPSA) is 101 Å². The van der Waals surface area contributed by atoms with E-state index in [1.165, 1.54) is 25.4 Å². The van der Waals surface area contributed by atoms with Crippen molar-refractivity contribution in [2.45, 2.75) is 20.3 Å². The molecule has 2 N–H and O–H groups in total. The Bertz CT molecular complexity index is 986. The van der Waals surface area contributed by atoms with Gasteiger partial charge in [-0.25, -0.2) is 9.78 Å². The van der Waals surface area contributed by atoms with Crippen LogP contribution in [0.15, 0.2) is 24.3 Å². The number of anilines is 1. The van der Waals surface area contributed by atoms with Gasteiger partial charge in [0.1, 0.15) is 0 Å². The van der Waals surface area contributed by atoms with E-state index in [0.717, 1.165) is 10.2 Å². The summed E-state index contributed by atoms with van der Waals surface area (Å²) in [4.78, 5) is 43.4. The number of aromatic nitrogens is 2. The molecule has 0 aliphatic carbocycles. The predicted molar refractivity (Wildman–Crippen MR) is 98.8 cm³/mol. The molecule has 26 heavy (non-hydrogen) atoms. The third-order valence-electron chi connectivity index (χ3n) is 3.95. The van der Waals surface area contributed by atoms with Gasteiger partial charge in [0.15, 0.2) is 10.9 Å². The first kappa shape index (κ1) is 17.8. The fraction of sp³-hybridized carbons (Fsp3) is 0.222. The van der Waals surface area contributed by atoms with E-state index in [1.54, 1.807) is 6.92 Å². The third-order valence-corrected chi connectivity index (χ3v) is 4.90. The second-order valence-electron chi connectivity index (χ2n) is 5.74. The SMILES string of the molecule is COC(=O)c1c(CC(=O)Nc2nc3ccccc3s2)[nH]c(C(C)=O)c1C. The molecule has 7 nitrogen and oxygen atoms in total. The molecule has 8 heteroatoms. The third kappa shape index (κ3) is 3.36. The number of thiazole rings is 1. The number of H-pyrrole nitrogens is 1. The largest absolute Gasteiger partial charge is 0.465 e. The van der Waals surface area contributed by atoms with Crippen LogP contribution in [-0.2, 0) is 16.0 Å². The highest BCUT2D eigenvalue weighted by atomic mass is 32.1. The summed E-state index contributed by atoms with van der Waals surface area (Å²) in [5.41, 5.74) is 2.15. The molecule has 0 atom stereocenters. The van der Waals surface area contributed by atoms with E-state index in [0.29, 0.717) is 22.1 Å². The number of amides is 1. The lowest BCUT2D eigenvalue weighted by atomic mass is 10.1. The van der Waals surface area contributed by atoms with E-state index in [2.05, 4.69) is 15.3 Å². The number of rotatable bonds is 5. The number of ketones is 1. The molecule has 0 aliphatic heterocycles. The lowest BCUT2D eigenvalue weighted by Gasteiger charge is -2.04. The summed E-state index contributed by atoms with van der Waals surface area (Å²) in [6.45, 7) is 3.04. The van der Waals surface area contributed by atoms with Gasteiger partial charge in [0.2, 0.25) is 5.91 Å². The highest BCUT2D eigenvalue weighted by Gasteiger charge is 2.24. The van der Waals surface area contributed by atoms with Gasteiger partial charge in [-0.3, -0.25) is 9.59 Å². The number of para-hydroxylation sites is 1. The molecule has 0 radical (unpaired) electrons. The molecule has 0 bridgehead atoms. The summed E-state index contributed by atoms with van der Waals surface area (Å²) in [6, 6.07) is 7.57. The first-order chi connectivity index (χ1) is 12.4. The first-order valence-corrected chi connectivity index (χ1v) is 8.68. The monoisotopic (exact) mass is 371 g/mol. The van der Waals surface area contributed by atoms with E-state index in [-0.39, 0.29) is 23.7 Å². The Morgan fingerprint density at radius 2 is 2.00 bits per heavy atom. The zero-order valence-electron chi connectivity index (χ0n) is 14.5. The molecule has 0 spiro atoms. The molecule has 2 heterocycles. The molecular weight excluding hydrogens is 354 g/mol. The van der Waals surface area contributed by atoms with Crippen molar-refractivity contribution < 1.29 is 19.1 Å². The Morgan fingerprint density at radius 3 is 2.65 bits per heavy atom. The van der Waals surface area contributed by atoms with Crippen molar-refractivity contribution >= 4 is 44.3 Å². The number of hydrogen-bond donors (Lipinski definition) is 2. The summed E-state index contributed by atoms with van der Waals surface area (Å²) >= 11 is 1.37. The van der Waals surface area contributed by atoms with Gasteiger partial charge < -0.3 is 15.0 Å². The Labute approximate surface area is 153 Å². The van der Waals surface area contributed by atoms with Gasteiger partial charge in [0.05, 0.1) is 35.0 Å². The smallest absolute Gasteiger partial charge is 0.339 e. The second kappa shape index (κ2) is 7.09. The first-order valence-electron chi connectivity index (χ1n) is 7.86. The maximum absolute atomic E-state index is 12.4. The second-order valence-corrected chi connectivity index (χ2v) is 6.77. The van der Waals surface area contributed by atoms with Gasteiger partial charge in [0.25, 0.3) is 0 Å². The Kier molecular flexibility index (Phi) is 4.85. The summed E-state index contributed by atoms with van der Waals surface area (Å²) < 4.78 is 5.74. The quantitative estimate of drug-likeness (QED) is 0.530. The fourth-order valence-corrected chi connectivity index (χ4v) is 3.65. The number of methoxy groups -OCH3 is 1. The molecular formula is C18H17N3O4S. The fourth-order valence-electron chi connectivity index (χ4n) is 2.77. The van der Waals surface area contributed by atoms with Gasteiger partial charge in [-0.15, -0.1) is 0 Å². The lowest BCUT2D eigenvalue weighted by molar-refractivity contribution is -0.115. The molecule has 134 valence electrons. The summed E-state index contributed by atoms with van der Waals surface area (Å²) in [6.07, 6.45) is -0.103. The molecule has 0 fully saturated rings. The van der Waals surface area contributed by atoms with Crippen molar-refractivity contribution in [2.75, 3.05) is 12.4 Å². The van der Waals surface area contributed by atoms with E-state index >= 15 is 0 Å². The van der Waals surface area contributed by atoms with Crippen LogP contribution in [0.1, 0.15) is 39.0 Å². The van der Waals surface area contributed by atoms with Crippen molar-refractivity contribution in [2.24, 2.45) is 0 Å². The van der Waals surface area contributed by atoms with Crippen LogP contribution >= 0.6 is 11.3 Å². The van der Waals surface area contributed by atoms with Crippen molar-refractivity contribution in [3.05, 3.63) is 46.8 Å². The molecule has 2 aromatic heterocycles. The maximum Gasteiger partial charge on any atom is 0.339 e. The van der Waals surface area contributed by atoms with Crippen LogP contribution in [0.25, 0.3) is 10.2 Å². The number of nitrogens with zero attached hydrogens (tertiary/aromatic N) is 1. The highest BCUT2D eigenvalue weighted by molar-refractivity contribution is 7.22. The van der Waals surface area contributed by atoms with E-state index in [9.17, 15) is 14.4 Å². The molecule has 0 unspecified atom stereocenters. The van der Waals surface area contributed by atoms with Gasteiger partial charge in [0, 0.05) is 12.6 Å². The van der Waals surface area contributed by atoms with Crippen LogP contribution in [0.3, 0.4) is 0 Å². The molecule has 0 saturated heterocycles. The number of fused-ring (bicyclic) bond motifs is 1. The zero-order chi connectivity index (χ0) is 18.8. The predicted octanol–water partition coefficient (Wildman–Crippen LogP) is 3.10. The zero-order valence-corrected chi connectivity index (χ0v) is 15.3. The Morgan fingerprint density at radius 1 is 1.27 bits per heavy atom. The number of benzene rings is 1. The molecule has 1 aromatic carbocycles. The number of ether oxygens (including phenoxy) is 1. The minimum atomic E-state index is -0.589. The van der Waals surface area contributed by atoms with Crippen LogP contribution in [-0.4, -0.2) is 34.7 Å². The van der Waals surface area contributed by atoms with Crippen molar-refractivity contribution in [3.8, 4) is 0 Å². The Hall–Kier alpha value is -3.00. The van der Waals surface area contributed by atoms with Crippen molar-refractivity contribution in [1.29, 1.82) is 0 Å². The summed E-state index contributed by atoms with van der Waals surface area (Å²) in [5.74, 6) is -1.15. The average Bonchev–Trinajstić information content (AvgIpc) is 3.14. The molecule has 0 aliphatic rings. The number of Topliss-reactive ketones (excluding diaryl/α,β-unsaturated/α-hetero) is 1. The number of carbonyl (C=O) groups excluding carboxylic acids is 3. The Balaban J connectivity index is 1.85. The number of esters is 1. The molecule has 3 aromatic rings. The maximum atomic E-state index is 12.4. The van der Waals surface area contributed by atoms with Gasteiger partial charge in [-0.05, 0) is 24.6 Å².